The SMILES string of the molecule is Cl.NC(CNC(=O)CCC1Cc2ccccc2NC1=O)C1CC1. The van der Waals surface area contributed by atoms with Gasteiger partial charge >= 0.3 is 0 Å². The van der Waals surface area contributed by atoms with Gasteiger partial charge in [0.05, 0.1) is 0 Å². The van der Waals surface area contributed by atoms with E-state index in [2.05, 4.69) is 10.6 Å². The number of halogens is 1. The minimum absolute atomic E-state index is 0. The first-order valence-corrected chi connectivity index (χ1v) is 8.04. The number of carbonyl (C=O) groups excluding carboxylic acids is 2. The topological polar surface area (TPSA) is 84.2 Å². The molecule has 5 nitrogen and oxygen atoms in total. The van der Waals surface area contributed by atoms with Crippen molar-refractivity contribution in [3.05, 3.63) is 29.8 Å². The molecule has 4 N–H and O–H groups in total. The molecule has 2 atom stereocenters. The average Bonchev–Trinajstić information content (AvgIpc) is 3.35. The standard InChI is InChI=1S/C17H23N3O2.ClH/c18-14(11-5-6-11)10-19-16(21)8-7-13-9-12-3-1-2-4-15(12)20-17(13)22;/h1-4,11,13-14H,5-10,18H2,(H,19,21)(H,20,22);1H. The van der Waals surface area contributed by atoms with Crippen LogP contribution in [0.25, 0.3) is 0 Å². The molecular formula is C17H24ClN3O2. The highest BCUT2D eigenvalue weighted by molar-refractivity contribution is 5.96. The van der Waals surface area contributed by atoms with Crippen molar-refractivity contribution in [3.63, 3.8) is 0 Å². The van der Waals surface area contributed by atoms with E-state index in [0.29, 0.717) is 31.7 Å². The lowest BCUT2D eigenvalue weighted by Gasteiger charge is -2.24. The van der Waals surface area contributed by atoms with Crippen LogP contribution in [0.4, 0.5) is 5.69 Å². The molecule has 0 radical (unpaired) electrons. The highest BCUT2D eigenvalue weighted by Crippen LogP contribution is 2.31. The molecule has 2 unspecified atom stereocenters. The van der Waals surface area contributed by atoms with Gasteiger partial charge in [0.1, 0.15) is 0 Å². The molecule has 23 heavy (non-hydrogen) atoms. The lowest BCUT2D eigenvalue weighted by molar-refractivity contribution is -0.122. The normalized spacial score (nSPS) is 20.7. The van der Waals surface area contributed by atoms with Crippen molar-refractivity contribution >= 4 is 29.9 Å². The maximum Gasteiger partial charge on any atom is 0.227 e. The fourth-order valence-electron chi connectivity index (χ4n) is 2.96. The number of carbonyl (C=O) groups is 2. The lowest BCUT2D eigenvalue weighted by atomic mass is 9.89. The lowest BCUT2D eigenvalue weighted by Crippen LogP contribution is -2.39. The highest BCUT2D eigenvalue weighted by Gasteiger charge is 2.29. The Labute approximate surface area is 142 Å². The average molecular weight is 338 g/mol. The van der Waals surface area contributed by atoms with E-state index in [1.807, 2.05) is 24.3 Å². The van der Waals surface area contributed by atoms with Crippen LogP contribution in [0.15, 0.2) is 24.3 Å². The molecule has 0 bridgehead atoms. The number of nitrogens with one attached hydrogen (secondary N) is 2. The van der Waals surface area contributed by atoms with Gasteiger partial charge in [-0.1, -0.05) is 18.2 Å². The van der Waals surface area contributed by atoms with Crippen LogP contribution in [-0.2, 0) is 16.0 Å². The van der Waals surface area contributed by atoms with Gasteiger partial charge in [0, 0.05) is 30.6 Å². The van der Waals surface area contributed by atoms with Crippen LogP contribution in [0.5, 0.6) is 0 Å². The number of hydrogen-bond donors (Lipinski definition) is 3. The Hall–Kier alpha value is -1.59. The Morgan fingerprint density at radius 2 is 2.09 bits per heavy atom. The maximum atomic E-state index is 12.1. The summed E-state index contributed by atoms with van der Waals surface area (Å²) < 4.78 is 0. The molecule has 3 rings (SSSR count). The van der Waals surface area contributed by atoms with E-state index in [0.717, 1.165) is 11.3 Å². The van der Waals surface area contributed by atoms with Crippen molar-refractivity contribution < 1.29 is 9.59 Å². The largest absolute Gasteiger partial charge is 0.355 e. The Bertz CT molecular complexity index is 575. The molecule has 126 valence electrons. The van der Waals surface area contributed by atoms with Crippen molar-refractivity contribution in [1.29, 1.82) is 0 Å². The number of rotatable bonds is 6. The van der Waals surface area contributed by atoms with Crippen molar-refractivity contribution in [2.24, 2.45) is 17.6 Å². The van der Waals surface area contributed by atoms with Crippen LogP contribution >= 0.6 is 12.4 Å². The third-order valence-corrected chi connectivity index (χ3v) is 4.59. The van der Waals surface area contributed by atoms with Crippen LogP contribution < -0.4 is 16.4 Å². The summed E-state index contributed by atoms with van der Waals surface area (Å²) in [5, 5.41) is 5.80. The van der Waals surface area contributed by atoms with Crippen LogP contribution in [0, 0.1) is 11.8 Å². The van der Waals surface area contributed by atoms with Gasteiger partial charge < -0.3 is 16.4 Å². The molecule has 6 heteroatoms. The van der Waals surface area contributed by atoms with Crippen LogP contribution in [0.1, 0.15) is 31.2 Å². The molecule has 0 spiro atoms. The Morgan fingerprint density at radius 3 is 2.83 bits per heavy atom. The fraction of sp³-hybridized carbons (Fsp3) is 0.529. The van der Waals surface area contributed by atoms with Gasteiger partial charge in [-0.15, -0.1) is 12.4 Å². The molecule has 0 saturated heterocycles. The Kier molecular flexibility index (Phi) is 6.02. The van der Waals surface area contributed by atoms with Crippen molar-refractivity contribution in [1.82, 2.24) is 5.32 Å². The third kappa shape index (κ3) is 4.69. The van der Waals surface area contributed by atoms with Gasteiger partial charge in [0.2, 0.25) is 11.8 Å². The summed E-state index contributed by atoms with van der Waals surface area (Å²) in [5.74, 6) is 0.461. The van der Waals surface area contributed by atoms with E-state index in [4.69, 9.17) is 5.73 Å². The fourth-order valence-corrected chi connectivity index (χ4v) is 2.96. The van der Waals surface area contributed by atoms with E-state index in [-0.39, 0.29) is 36.2 Å². The number of nitrogens with two attached hydrogens (primary N) is 1. The van der Waals surface area contributed by atoms with Crippen molar-refractivity contribution in [3.8, 4) is 0 Å². The molecule has 0 aromatic heterocycles. The van der Waals surface area contributed by atoms with Gasteiger partial charge in [0.15, 0.2) is 0 Å². The zero-order valence-corrected chi connectivity index (χ0v) is 13.9. The van der Waals surface area contributed by atoms with Crippen molar-refractivity contribution in [2.75, 3.05) is 11.9 Å². The van der Waals surface area contributed by atoms with Crippen LogP contribution in [-0.4, -0.2) is 24.4 Å². The minimum Gasteiger partial charge on any atom is -0.355 e. The number of fused-ring (bicyclic) bond motifs is 1. The zero-order chi connectivity index (χ0) is 15.5. The van der Waals surface area contributed by atoms with Gasteiger partial charge in [-0.2, -0.15) is 0 Å². The summed E-state index contributed by atoms with van der Waals surface area (Å²) in [6.45, 7) is 0.545. The van der Waals surface area contributed by atoms with E-state index in [1.54, 1.807) is 0 Å². The number of anilines is 1. The number of amides is 2. The molecule has 1 aliphatic carbocycles. The second-order valence-corrected chi connectivity index (χ2v) is 6.39. The number of para-hydroxylation sites is 1. The Morgan fingerprint density at radius 1 is 1.35 bits per heavy atom. The molecule has 2 aliphatic rings. The van der Waals surface area contributed by atoms with Crippen LogP contribution in [0.3, 0.4) is 0 Å². The molecule has 1 heterocycles. The summed E-state index contributed by atoms with van der Waals surface area (Å²) >= 11 is 0. The highest BCUT2D eigenvalue weighted by atomic mass is 35.5. The minimum atomic E-state index is -0.127. The van der Waals surface area contributed by atoms with Gasteiger partial charge in [-0.3, -0.25) is 9.59 Å². The summed E-state index contributed by atoms with van der Waals surface area (Å²) in [5.41, 5.74) is 8.00. The molecule has 1 aromatic rings. The summed E-state index contributed by atoms with van der Waals surface area (Å²) in [6.07, 6.45) is 4.01. The Balaban J connectivity index is 0.00000192. The van der Waals surface area contributed by atoms with Gasteiger partial charge in [-0.25, -0.2) is 0 Å². The molecule has 1 fully saturated rings. The maximum absolute atomic E-state index is 12.1. The second kappa shape index (κ2) is 7.79. The number of hydrogen-bond acceptors (Lipinski definition) is 3. The monoisotopic (exact) mass is 337 g/mol. The third-order valence-electron chi connectivity index (χ3n) is 4.59. The predicted octanol–water partition coefficient (Wildman–Crippen LogP) is 1.85. The smallest absolute Gasteiger partial charge is 0.227 e. The van der Waals surface area contributed by atoms with E-state index >= 15 is 0 Å². The van der Waals surface area contributed by atoms with Crippen molar-refractivity contribution in [2.45, 2.75) is 38.1 Å². The zero-order valence-electron chi connectivity index (χ0n) is 13.1. The molecule has 1 aliphatic heterocycles. The van der Waals surface area contributed by atoms with Gasteiger partial charge in [-0.05, 0) is 43.2 Å². The predicted molar refractivity (Wildman–Crippen MR) is 92.5 cm³/mol. The molecular weight excluding hydrogens is 314 g/mol. The summed E-state index contributed by atoms with van der Waals surface area (Å²) in [6, 6.07) is 7.90. The molecule has 2 amide bonds. The quantitative estimate of drug-likeness (QED) is 0.740. The molecule has 1 saturated carbocycles. The van der Waals surface area contributed by atoms with E-state index in [9.17, 15) is 9.59 Å². The molecule has 1 aromatic carbocycles. The first kappa shape index (κ1) is 17.8. The summed E-state index contributed by atoms with van der Waals surface area (Å²) in [4.78, 5) is 24.0. The van der Waals surface area contributed by atoms with Gasteiger partial charge in [0.25, 0.3) is 0 Å². The number of benzene rings is 1. The van der Waals surface area contributed by atoms with E-state index < -0.39 is 0 Å². The second-order valence-electron chi connectivity index (χ2n) is 6.39. The first-order chi connectivity index (χ1) is 10.6. The van der Waals surface area contributed by atoms with E-state index in [1.165, 1.54) is 12.8 Å². The van der Waals surface area contributed by atoms with Crippen LogP contribution in [0.2, 0.25) is 0 Å². The summed E-state index contributed by atoms with van der Waals surface area (Å²) in [7, 11) is 0. The first-order valence-electron chi connectivity index (χ1n) is 8.04.